The summed E-state index contributed by atoms with van der Waals surface area (Å²) in [5, 5.41) is 20.3. The van der Waals surface area contributed by atoms with Gasteiger partial charge in [-0.1, -0.05) is 41.9 Å². The fraction of sp³-hybridized carbons (Fsp3) is 0.571. The standard InChI is InChI=1S/C14H19BrO3/c1-3-11-8(2)12(16)13(17)14(18-11)9-5-4-6-10(15)7-9/h4-8,11-14,16-17H,3H2,1-2H3/t8-,11-,12+,13+,14-/m1/s1. The third-order valence-corrected chi connectivity index (χ3v) is 4.18. The van der Waals surface area contributed by atoms with Crippen LogP contribution in [0.3, 0.4) is 0 Å². The van der Waals surface area contributed by atoms with Gasteiger partial charge in [-0.3, -0.25) is 0 Å². The van der Waals surface area contributed by atoms with E-state index in [-0.39, 0.29) is 12.0 Å². The summed E-state index contributed by atoms with van der Waals surface area (Å²) in [7, 11) is 0. The van der Waals surface area contributed by atoms with Crippen molar-refractivity contribution in [1.82, 2.24) is 0 Å². The van der Waals surface area contributed by atoms with E-state index in [1.54, 1.807) is 0 Å². The lowest BCUT2D eigenvalue weighted by Gasteiger charge is -2.41. The molecule has 0 aromatic heterocycles. The molecule has 0 unspecified atom stereocenters. The highest BCUT2D eigenvalue weighted by atomic mass is 79.9. The van der Waals surface area contributed by atoms with Crippen molar-refractivity contribution in [3.8, 4) is 0 Å². The van der Waals surface area contributed by atoms with Gasteiger partial charge in [-0.2, -0.15) is 0 Å². The Bertz CT molecular complexity index is 408. The number of hydrogen-bond acceptors (Lipinski definition) is 3. The molecule has 0 bridgehead atoms. The molecule has 100 valence electrons. The van der Waals surface area contributed by atoms with Crippen LogP contribution in [0.15, 0.2) is 28.7 Å². The first kappa shape index (κ1) is 14.0. The van der Waals surface area contributed by atoms with Crippen LogP contribution in [-0.4, -0.2) is 28.5 Å². The first-order valence-electron chi connectivity index (χ1n) is 6.31. The molecule has 5 atom stereocenters. The Morgan fingerprint density at radius 1 is 1.28 bits per heavy atom. The van der Waals surface area contributed by atoms with Crippen molar-refractivity contribution in [2.45, 2.75) is 44.7 Å². The van der Waals surface area contributed by atoms with Crippen LogP contribution in [0, 0.1) is 5.92 Å². The topological polar surface area (TPSA) is 49.7 Å². The molecule has 1 saturated heterocycles. The Labute approximate surface area is 116 Å². The van der Waals surface area contributed by atoms with Crippen LogP contribution in [0.5, 0.6) is 0 Å². The highest BCUT2D eigenvalue weighted by Crippen LogP contribution is 2.36. The SMILES string of the molecule is CC[C@H]1O[C@H](c2cccc(Br)c2)[C@@H](O)[C@@H](O)[C@@H]1C. The number of hydrogen-bond donors (Lipinski definition) is 2. The van der Waals surface area contributed by atoms with Gasteiger partial charge in [0.15, 0.2) is 0 Å². The highest BCUT2D eigenvalue weighted by Gasteiger charge is 2.41. The van der Waals surface area contributed by atoms with E-state index >= 15 is 0 Å². The van der Waals surface area contributed by atoms with Gasteiger partial charge in [-0.15, -0.1) is 0 Å². The average molecular weight is 315 g/mol. The normalized spacial score (nSPS) is 36.6. The van der Waals surface area contributed by atoms with Crippen LogP contribution in [0.25, 0.3) is 0 Å². The van der Waals surface area contributed by atoms with E-state index in [9.17, 15) is 10.2 Å². The molecule has 1 aliphatic heterocycles. The van der Waals surface area contributed by atoms with Crippen molar-refractivity contribution < 1.29 is 14.9 Å². The Morgan fingerprint density at radius 2 is 2.00 bits per heavy atom. The summed E-state index contributed by atoms with van der Waals surface area (Å²) in [6.07, 6.45) is -1.27. The van der Waals surface area contributed by atoms with Crippen molar-refractivity contribution in [1.29, 1.82) is 0 Å². The maximum atomic E-state index is 10.2. The molecule has 1 aliphatic rings. The number of ether oxygens (including phenoxy) is 1. The maximum Gasteiger partial charge on any atom is 0.111 e. The number of halogens is 1. The Balaban J connectivity index is 2.27. The summed E-state index contributed by atoms with van der Waals surface area (Å²) in [5.41, 5.74) is 0.890. The molecule has 1 fully saturated rings. The second kappa shape index (κ2) is 5.70. The lowest BCUT2D eigenvalue weighted by molar-refractivity contribution is -0.199. The van der Waals surface area contributed by atoms with Gasteiger partial charge >= 0.3 is 0 Å². The molecule has 0 radical (unpaired) electrons. The molecule has 0 aliphatic carbocycles. The predicted octanol–water partition coefficient (Wildman–Crippen LogP) is 2.66. The molecule has 1 aromatic rings. The third-order valence-electron chi connectivity index (χ3n) is 3.69. The molecular weight excluding hydrogens is 296 g/mol. The summed E-state index contributed by atoms with van der Waals surface area (Å²) in [6, 6.07) is 7.66. The van der Waals surface area contributed by atoms with Gasteiger partial charge in [0, 0.05) is 10.4 Å². The second-order valence-electron chi connectivity index (χ2n) is 4.90. The van der Waals surface area contributed by atoms with Crippen molar-refractivity contribution in [2.24, 2.45) is 5.92 Å². The number of benzene rings is 1. The van der Waals surface area contributed by atoms with Gasteiger partial charge in [0.25, 0.3) is 0 Å². The minimum Gasteiger partial charge on any atom is -0.390 e. The highest BCUT2D eigenvalue weighted by molar-refractivity contribution is 9.10. The van der Waals surface area contributed by atoms with E-state index in [4.69, 9.17) is 4.74 Å². The average Bonchev–Trinajstić information content (AvgIpc) is 2.36. The van der Waals surface area contributed by atoms with Crippen molar-refractivity contribution in [2.75, 3.05) is 0 Å². The molecule has 0 saturated carbocycles. The van der Waals surface area contributed by atoms with Gasteiger partial charge in [0.05, 0.1) is 12.2 Å². The minimum absolute atomic E-state index is 0.0209. The van der Waals surface area contributed by atoms with E-state index in [1.807, 2.05) is 38.1 Å². The third kappa shape index (κ3) is 2.62. The predicted molar refractivity (Wildman–Crippen MR) is 73.2 cm³/mol. The lowest BCUT2D eigenvalue weighted by Crippen LogP contribution is -2.49. The minimum atomic E-state index is -0.878. The van der Waals surface area contributed by atoms with Crippen LogP contribution in [0.4, 0.5) is 0 Å². The molecule has 0 amide bonds. The fourth-order valence-electron chi connectivity index (χ4n) is 2.53. The molecule has 1 heterocycles. The van der Waals surface area contributed by atoms with Crippen LogP contribution in [0.1, 0.15) is 31.9 Å². The van der Waals surface area contributed by atoms with Crippen LogP contribution in [0.2, 0.25) is 0 Å². The molecule has 2 rings (SSSR count). The largest absolute Gasteiger partial charge is 0.390 e. The number of aliphatic hydroxyl groups is 2. The lowest BCUT2D eigenvalue weighted by atomic mass is 9.85. The summed E-state index contributed by atoms with van der Waals surface area (Å²) in [6.45, 7) is 3.95. The Hall–Kier alpha value is -0.420. The molecule has 18 heavy (non-hydrogen) atoms. The van der Waals surface area contributed by atoms with Crippen molar-refractivity contribution in [3.05, 3.63) is 34.3 Å². The Morgan fingerprint density at radius 3 is 2.61 bits per heavy atom. The molecule has 2 N–H and O–H groups in total. The van der Waals surface area contributed by atoms with Crippen LogP contribution >= 0.6 is 15.9 Å². The van der Waals surface area contributed by atoms with Crippen molar-refractivity contribution in [3.63, 3.8) is 0 Å². The monoisotopic (exact) mass is 314 g/mol. The van der Waals surface area contributed by atoms with Crippen LogP contribution in [-0.2, 0) is 4.74 Å². The fourth-order valence-corrected chi connectivity index (χ4v) is 2.95. The van der Waals surface area contributed by atoms with Crippen LogP contribution < -0.4 is 0 Å². The number of rotatable bonds is 2. The maximum absolute atomic E-state index is 10.2. The van der Waals surface area contributed by atoms with E-state index < -0.39 is 18.3 Å². The molecule has 3 nitrogen and oxygen atoms in total. The van der Waals surface area contributed by atoms with Gasteiger partial charge in [-0.05, 0) is 24.1 Å². The molecule has 4 heteroatoms. The van der Waals surface area contributed by atoms with E-state index in [2.05, 4.69) is 15.9 Å². The molecular formula is C14H19BrO3. The van der Waals surface area contributed by atoms with Gasteiger partial charge in [0.1, 0.15) is 12.2 Å². The smallest absolute Gasteiger partial charge is 0.111 e. The zero-order chi connectivity index (χ0) is 13.3. The number of aliphatic hydroxyl groups excluding tert-OH is 2. The van der Waals surface area contributed by atoms with E-state index in [1.165, 1.54) is 0 Å². The van der Waals surface area contributed by atoms with Gasteiger partial charge in [-0.25, -0.2) is 0 Å². The first-order valence-corrected chi connectivity index (χ1v) is 7.11. The summed E-state index contributed by atoms with van der Waals surface area (Å²) in [4.78, 5) is 0. The summed E-state index contributed by atoms with van der Waals surface area (Å²) < 4.78 is 6.88. The van der Waals surface area contributed by atoms with E-state index in [0.717, 1.165) is 16.5 Å². The van der Waals surface area contributed by atoms with Gasteiger partial charge < -0.3 is 14.9 Å². The second-order valence-corrected chi connectivity index (χ2v) is 5.81. The zero-order valence-electron chi connectivity index (χ0n) is 10.6. The molecule has 0 spiro atoms. The summed E-state index contributed by atoms with van der Waals surface area (Å²) >= 11 is 3.41. The summed E-state index contributed by atoms with van der Waals surface area (Å²) in [5.74, 6) is -0.0478. The zero-order valence-corrected chi connectivity index (χ0v) is 12.2. The molecule has 1 aromatic carbocycles. The first-order chi connectivity index (χ1) is 8.54. The van der Waals surface area contributed by atoms with Gasteiger partial charge in [0.2, 0.25) is 0 Å². The quantitative estimate of drug-likeness (QED) is 0.882. The van der Waals surface area contributed by atoms with Crippen molar-refractivity contribution >= 4 is 15.9 Å². The van der Waals surface area contributed by atoms with E-state index in [0.29, 0.717) is 0 Å². The Kier molecular flexibility index (Phi) is 4.43.